The summed E-state index contributed by atoms with van der Waals surface area (Å²) in [7, 11) is 0. The molecule has 0 bridgehead atoms. The number of halogens is 1. The third-order valence-electron chi connectivity index (χ3n) is 3.82. The molecule has 0 heterocycles. The molecule has 0 saturated carbocycles. The van der Waals surface area contributed by atoms with Crippen LogP contribution in [0.15, 0.2) is 48.5 Å². The van der Waals surface area contributed by atoms with Crippen LogP contribution in [0.5, 0.6) is 0 Å². The molecule has 21 heavy (non-hydrogen) atoms. The Morgan fingerprint density at radius 2 is 1.81 bits per heavy atom. The summed E-state index contributed by atoms with van der Waals surface area (Å²) in [6, 6.07) is 17.4. The number of rotatable bonds is 6. The molecule has 0 fully saturated rings. The molecule has 0 radical (unpaired) electrons. The van der Waals surface area contributed by atoms with Crippen molar-refractivity contribution in [2.75, 3.05) is 6.54 Å². The molecule has 0 aromatic heterocycles. The minimum atomic E-state index is 0.437. The van der Waals surface area contributed by atoms with Crippen LogP contribution in [0.3, 0.4) is 0 Å². The van der Waals surface area contributed by atoms with Gasteiger partial charge in [0.1, 0.15) is 0 Å². The first-order valence-electron chi connectivity index (χ1n) is 7.59. The molecule has 0 saturated heterocycles. The summed E-state index contributed by atoms with van der Waals surface area (Å²) in [4.78, 5) is 0. The predicted molar refractivity (Wildman–Crippen MR) is 92.2 cm³/mol. The zero-order chi connectivity index (χ0) is 15.2. The molecule has 0 aliphatic rings. The maximum Gasteiger partial charge on any atom is 0.0408 e. The van der Waals surface area contributed by atoms with Gasteiger partial charge < -0.3 is 5.32 Å². The summed E-state index contributed by atoms with van der Waals surface area (Å²) >= 11 is 6.17. The van der Waals surface area contributed by atoms with Crippen LogP contribution < -0.4 is 5.32 Å². The van der Waals surface area contributed by atoms with Crippen LogP contribution in [0.25, 0.3) is 0 Å². The topological polar surface area (TPSA) is 12.0 Å². The molecule has 2 rings (SSSR count). The lowest BCUT2D eigenvalue weighted by Crippen LogP contribution is -2.29. The van der Waals surface area contributed by atoms with Gasteiger partial charge >= 0.3 is 0 Å². The van der Waals surface area contributed by atoms with E-state index in [2.05, 4.69) is 62.5 Å². The number of nitrogens with one attached hydrogen (secondary N) is 1. The molecule has 2 aromatic rings. The second-order valence-corrected chi connectivity index (χ2v) is 6.38. The van der Waals surface area contributed by atoms with Crippen molar-refractivity contribution in [2.45, 2.75) is 39.2 Å². The highest BCUT2D eigenvalue weighted by Crippen LogP contribution is 2.24. The van der Waals surface area contributed by atoms with E-state index >= 15 is 0 Å². The standard InChI is InChI=1S/C19H24ClN/c1-14(2)21-13-18(17-9-6-10-19(20)12-17)11-16-8-5-4-7-15(16)3/h4-10,12,14,18,21H,11,13H2,1-3H3. The fraction of sp³-hybridized carbons (Fsp3) is 0.368. The van der Waals surface area contributed by atoms with Crippen LogP contribution in [-0.4, -0.2) is 12.6 Å². The summed E-state index contributed by atoms with van der Waals surface area (Å²) in [5.41, 5.74) is 4.07. The quantitative estimate of drug-likeness (QED) is 0.794. The van der Waals surface area contributed by atoms with Gasteiger partial charge in [-0.05, 0) is 42.2 Å². The summed E-state index contributed by atoms with van der Waals surface area (Å²) < 4.78 is 0. The number of benzene rings is 2. The van der Waals surface area contributed by atoms with Gasteiger partial charge in [0.05, 0.1) is 0 Å². The van der Waals surface area contributed by atoms with E-state index in [-0.39, 0.29) is 0 Å². The molecule has 1 N–H and O–H groups in total. The fourth-order valence-electron chi connectivity index (χ4n) is 2.55. The Kier molecular flexibility index (Phi) is 5.84. The van der Waals surface area contributed by atoms with Crippen LogP contribution in [0.4, 0.5) is 0 Å². The van der Waals surface area contributed by atoms with Crippen LogP contribution in [0, 0.1) is 6.92 Å². The maximum absolute atomic E-state index is 6.17. The Labute approximate surface area is 133 Å². The van der Waals surface area contributed by atoms with Crippen molar-refractivity contribution < 1.29 is 0 Å². The first-order chi connectivity index (χ1) is 10.1. The van der Waals surface area contributed by atoms with Gasteiger partial charge in [0.2, 0.25) is 0 Å². The van der Waals surface area contributed by atoms with Crippen LogP contribution in [-0.2, 0) is 6.42 Å². The maximum atomic E-state index is 6.17. The Bertz CT molecular complexity index is 577. The zero-order valence-corrected chi connectivity index (χ0v) is 13.8. The fourth-order valence-corrected chi connectivity index (χ4v) is 2.75. The highest BCUT2D eigenvalue weighted by atomic mass is 35.5. The van der Waals surface area contributed by atoms with Gasteiger partial charge in [-0.3, -0.25) is 0 Å². The molecule has 0 aliphatic carbocycles. The van der Waals surface area contributed by atoms with Gasteiger partial charge in [0.25, 0.3) is 0 Å². The molecule has 2 heteroatoms. The van der Waals surface area contributed by atoms with E-state index in [0.717, 1.165) is 18.0 Å². The van der Waals surface area contributed by atoms with E-state index in [0.29, 0.717) is 12.0 Å². The van der Waals surface area contributed by atoms with Crippen molar-refractivity contribution in [2.24, 2.45) is 0 Å². The number of aryl methyl sites for hydroxylation is 1. The van der Waals surface area contributed by atoms with E-state index in [1.807, 2.05) is 12.1 Å². The summed E-state index contributed by atoms with van der Waals surface area (Å²) in [5.74, 6) is 0.437. The van der Waals surface area contributed by atoms with Gasteiger partial charge in [-0.1, -0.05) is 61.8 Å². The van der Waals surface area contributed by atoms with Crippen LogP contribution >= 0.6 is 11.6 Å². The first-order valence-corrected chi connectivity index (χ1v) is 7.97. The minimum absolute atomic E-state index is 0.437. The van der Waals surface area contributed by atoms with Crippen molar-refractivity contribution in [1.82, 2.24) is 5.32 Å². The predicted octanol–water partition coefficient (Wildman–Crippen LogP) is 4.97. The minimum Gasteiger partial charge on any atom is -0.314 e. The molecule has 0 aliphatic heterocycles. The van der Waals surface area contributed by atoms with Gasteiger partial charge in [0.15, 0.2) is 0 Å². The zero-order valence-electron chi connectivity index (χ0n) is 13.1. The molecular formula is C19H24ClN. The Morgan fingerprint density at radius 1 is 1.05 bits per heavy atom. The largest absolute Gasteiger partial charge is 0.314 e. The average molecular weight is 302 g/mol. The molecule has 0 spiro atoms. The lowest BCUT2D eigenvalue weighted by molar-refractivity contribution is 0.526. The summed E-state index contributed by atoms with van der Waals surface area (Å²) in [5, 5.41) is 4.37. The monoisotopic (exact) mass is 301 g/mol. The summed E-state index contributed by atoms with van der Waals surface area (Å²) in [6.07, 6.45) is 1.03. The van der Waals surface area contributed by atoms with E-state index in [1.165, 1.54) is 16.7 Å². The summed E-state index contributed by atoms with van der Waals surface area (Å²) in [6.45, 7) is 7.51. The van der Waals surface area contributed by atoms with Gasteiger partial charge in [-0.2, -0.15) is 0 Å². The molecule has 0 amide bonds. The lowest BCUT2D eigenvalue weighted by atomic mass is 9.90. The average Bonchev–Trinajstić information content (AvgIpc) is 2.45. The molecule has 1 unspecified atom stereocenters. The molecule has 2 aromatic carbocycles. The third-order valence-corrected chi connectivity index (χ3v) is 4.06. The van der Waals surface area contributed by atoms with Crippen molar-refractivity contribution >= 4 is 11.6 Å². The SMILES string of the molecule is Cc1ccccc1CC(CNC(C)C)c1cccc(Cl)c1. The van der Waals surface area contributed by atoms with Crippen molar-refractivity contribution in [1.29, 1.82) is 0 Å². The second kappa shape index (κ2) is 7.63. The molecule has 112 valence electrons. The van der Waals surface area contributed by atoms with E-state index in [4.69, 9.17) is 11.6 Å². The molecule has 1 nitrogen and oxygen atoms in total. The number of hydrogen-bond acceptors (Lipinski definition) is 1. The number of hydrogen-bond donors (Lipinski definition) is 1. The Balaban J connectivity index is 2.21. The Hall–Kier alpha value is -1.31. The van der Waals surface area contributed by atoms with Crippen molar-refractivity contribution in [3.8, 4) is 0 Å². The van der Waals surface area contributed by atoms with Crippen molar-refractivity contribution in [3.05, 3.63) is 70.2 Å². The highest BCUT2D eigenvalue weighted by Gasteiger charge is 2.14. The highest BCUT2D eigenvalue weighted by molar-refractivity contribution is 6.30. The Morgan fingerprint density at radius 3 is 2.48 bits per heavy atom. The lowest BCUT2D eigenvalue weighted by Gasteiger charge is -2.21. The van der Waals surface area contributed by atoms with Crippen molar-refractivity contribution in [3.63, 3.8) is 0 Å². The smallest absolute Gasteiger partial charge is 0.0408 e. The van der Waals surface area contributed by atoms with Gasteiger partial charge in [-0.15, -0.1) is 0 Å². The molecule has 1 atom stereocenters. The normalized spacial score (nSPS) is 12.6. The third kappa shape index (κ3) is 4.87. The first kappa shape index (κ1) is 16.1. The van der Waals surface area contributed by atoms with E-state index in [1.54, 1.807) is 0 Å². The second-order valence-electron chi connectivity index (χ2n) is 5.95. The van der Waals surface area contributed by atoms with Gasteiger partial charge in [0, 0.05) is 23.5 Å². The van der Waals surface area contributed by atoms with Crippen LogP contribution in [0.2, 0.25) is 5.02 Å². The van der Waals surface area contributed by atoms with E-state index < -0.39 is 0 Å². The van der Waals surface area contributed by atoms with E-state index in [9.17, 15) is 0 Å². The van der Waals surface area contributed by atoms with Gasteiger partial charge in [-0.25, -0.2) is 0 Å². The molecular weight excluding hydrogens is 278 g/mol. The van der Waals surface area contributed by atoms with Crippen LogP contribution in [0.1, 0.15) is 36.5 Å².